The molecule has 1 aromatic rings. The van der Waals surface area contributed by atoms with E-state index in [0.29, 0.717) is 13.1 Å². The number of likely N-dealkylation sites (tertiary alicyclic amines) is 1. The number of nitro benzene ring substituents is 1. The number of nitrogens with two attached hydrogens (primary N) is 1. The minimum absolute atomic E-state index is 0.0657. The summed E-state index contributed by atoms with van der Waals surface area (Å²) in [6.07, 6.45) is 0.998. The fourth-order valence-electron chi connectivity index (χ4n) is 3.37. The second kappa shape index (κ2) is 8.77. The average molecular weight is 393 g/mol. The Bertz CT molecular complexity index is 719. The molecule has 1 heterocycles. The Hall–Kier alpha value is -2.35. The van der Waals surface area contributed by atoms with E-state index in [1.807, 2.05) is 34.6 Å². The Morgan fingerprint density at radius 1 is 1.32 bits per heavy atom. The molecule has 2 rings (SSSR count). The van der Waals surface area contributed by atoms with Crippen molar-refractivity contribution in [2.24, 2.45) is 5.73 Å². The summed E-state index contributed by atoms with van der Waals surface area (Å²) in [6, 6.07) is 3.28. The molecule has 0 aromatic heterocycles. The van der Waals surface area contributed by atoms with Crippen molar-refractivity contribution >= 4 is 11.8 Å². The second-order valence-corrected chi connectivity index (χ2v) is 8.39. The molecule has 0 saturated carbocycles. The molecule has 0 unspecified atom stereocenters. The van der Waals surface area contributed by atoms with Crippen molar-refractivity contribution in [2.75, 3.05) is 13.1 Å². The second-order valence-electron chi connectivity index (χ2n) is 8.39. The van der Waals surface area contributed by atoms with Crippen LogP contribution in [0.3, 0.4) is 0 Å². The van der Waals surface area contributed by atoms with Crippen LogP contribution in [0.25, 0.3) is 0 Å². The molecule has 1 aliphatic rings. The van der Waals surface area contributed by atoms with E-state index < -0.39 is 10.5 Å². The minimum Gasteiger partial charge on any atom is -0.484 e. The van der Waals surface area contributed by atoms with Gasteiger partial charge in [0.1, 0.15) is 5.60 Å². The normalized spacial score (nSPS) is 15.6. The van der Waals surface area contributed by atoms with Gasteiger partial charge >= 0.3 is 11.8 Å². The van der Waals surface area contributed by atoms with Crippen LogP contribution in [0.5, 0.6) is 5.75 Å². The molecule has 8 nitrogen and oxygen atoms in total. The predicted octanol–water partition coefficient (Wildman–Crippen LogP) is 3.96. The van der Waals surface area contributed by atoms with Crippen LogP contribution >= 0.6 is 0 Å². The van der Waals surface area contributed by atoms with Gasteiger partial charge in [0.25, 0.3) is 0 Å². The van der Waals surface area contributed by atoms with E-state index >= 15 is 0 Å². The number of benzene rings is 1. The van der Waals surface area contributed by atoms with Crippen LogP contribution in [-0.2, 0) is 11.3 Å². The van der Waals surface area contributed by atoms with Gasteiger partial charge in [0.2, 0.25) is 0 Å². The van der Waals surface area contributed by atoms with Crippen molar-refractivity contribution in [1.29, 1.82) is 0 Å². The monoisotopic (exact) mass is 393 g/mol. The summed E-state index contributed by atoms with van der Waals surface area (Å²) in [4.78, 5) is 25.0. The fraction of sp³-hybridized carbons (Fsp3) is 0.650. The third-order valence-electron chi connectivity index (χ3n) is 4.59. The molecule has 8 heteroatoms. The molecule has 1 amide bonds. The Morgan fingerprint density at radius 2 is 1.93 bits per heavy atom. The zero-order chi connectivity index (χ0) is 21.1. The van der Waals surface area contributed by atoms with Crippen molar-refractivity contribution < 1.29 is 19.2 Å². The van der Waals surface area contributed by atoms with Crippen LogP contribution in [-0.4, -0.2) is 40.7 Å². The van der Waals surface area contributed by atoms with E-state index in [1.165, 1.54) is 6.07 Å². The number of nitro groups is 1. The lowest BCUT2D eigenvalue weighted by molar-refractivity contribution is -0.386. The quantitative estimate of drug-likeness (QED) is 0.599. The van der Waals surface area contributed by atoms with Gasteiger partial charge in [-0.1, -0.05) is 0 Å². The largest absolute Gasteiger partial charge is 0.484 e. The van der Waals surface area contributed by atoms with E-state index in [-0.39, 0.29) is 36.1 Å². The van der Waals surface area contributed by atoms with Gasteiger partial charge in [-0.25, -0.2) is 4.79 Å². The van der Waals surface area contributed by atoms with Crippen LogP contribution in [0.2, 0.25) is 0 Å². The summed E-state index contributed by atoms with van der Waals surface area (Å²) in [5.41, 5.74) is 7.00. The first-order valence-corrected chi connectivity index (χ1v) is 9.67. The Kier molecular flexibility index (Phi) is 6.87. The number of carbonyl (C=O) groups excluding carboxylic acids is 1. The first-order valence-electron chi connectivity index (χ1n) is 9.67. The van der Waals surface area contributed by atoms with E-state index in [0.717, 1.165) is 24.0 Å². The van der Waals surface area contributed by atoms with Gasteiger partial charge in [0, 0.05) is 25.7 Å². The standard InChI is InChI=1S/C20H31N3O5/c1-13(2)27-18-11-16(15(12-21)10-17(18)23(25)26)14-6-8-22(9-7-14)19(24)28-20(3,4)5/h10-11,13-14H,6-9,12,21H2,1-5H3. The van der Waals surface area contributed by atoms with Gasteiger partial charge in [-0.15, -0.1) is 0 Å². The summed E-state index contributed by atoms with van der Waals surface area (Å²) in [7, 11) is 0. The summed E-state index contributed by atoms with van der Waals surface area (Å²) < 4.78 is 11.1. The van der Waals surface area contributed by atoms with Crippen molar-refractivity contribution in [3.8, 4) is 5.75 Å². The van der Waals surface area contributed by atoms with Crippen LogP contribution in [0.4, 0.5) is 10.5 Å². The average Bonchev–Trinajstić information content (AvgIpc) is 2.59. The molecule has 2 N–H and O–H groups in total. The van der Waals surface area contributed by atoms with Crippen molar-refractivity contribution in [1.82, 2.24) is 4.90 Å². The number of hydrogen-bond acceptors (Lipinski definition) is 6. The summed E-state index contributed by atoms with van der Waals surface area (Å²) in [5, 5.41) is 11.4. The first-order chi connectivity index (χ1) is 13.0. The van der Waals surface area contributed by atoms with Gasteiger partial charge in [0.05, 0.1) is 11.0 Å². The maximum Gasteiger partial charge on any atom is 0.410 e. The number of amides is 1. The Labute approximate surface area is 166 Å². The number of nitrogens with zero attached hydrogens (tertiary/aromatic N) is 2. The molecular weight excluding hydrogens is 362 g/mol. The highest BCUT2D eigenvalue weighted by atomic mass is 16.6. The molecule has 0 spiro atoms. The lowest BCUT2D eigenvalue weighted by Crippen LogP contribution is -2.41. The van der Waals surface area contributed by atoms with Crippen LogP contribution in [0.1, 0.15) is 64.5 Å². The third-order valence-corrected chi connectivity index (χ3v) is 4.59. The molecule has 1 fully saturated rings. The van der Waals surface area contributed by atoms with E-state index in [4.69, 9.17) is 15.2 Å². The lowest BCUT2D eigenvalue weighted by Gasteiger charge is -2.34. The van der Waals surface area contributed by atoms with Gasteiger partial charge in [0.15, 0.2) is 5.75 Å². The highest BCUT2D eigenvalue weighted by Crippen LogP contribution is 2.38. The summed E-state index contributed by atoms with van der Waals surface area (Å²) in [5.74, 6) is 0.425. The number of hydrogen-bond donors (Lipinski definition) is 1. The first kappa shape index (κ1) is 21.9. The molecule has 0 radical (unpaired) electrons. The highest BCUT2D eigenvalue weighted by molar-refractivity contribution is 5.68. The molecule has 0 atom stereocenters. The maximum atomic E-state index is 12.3. The van der Waals surface area contributed by atoms with Gasteiger partial charge in [-0.2, -0.15) is 0 Å². The molecule has 1 saturated heterocycles. The molecule has 28 heavy (non-hydrogen) atoms. The van der Waals surface area contributed by atoms with Gasteiger partial charge < -0.3 is 20.1 Å². The molecular formula is C20H31N3O5. The van der Waals surface area contributed by atoms with Gasteiger partial charge in [-0.3, -0.25) is 10.1 Å². The van der Waals surface area contributed by atoms with E-state index in [2.05, 4.69) is 0 Å². The highest BCUT2D eigenvalue weighted by Gasteiger charge is 2.30. The number of carbonyl (C=O) groups is 1. The SMILES string of the molecule is CC(C)Oc1cc(C2CCN(C(=O)OC(C)(C)C)CC2)c(CN)cc1[N+](=O)[O-]. The smallest absolute Gasteiger partial charge is 0.410 e. The van der Waals surface area contributed by atoms with Crippen LogP contribution < -0.4 is 10.5 Å². The molecule has 0 aliphatic carbocycles. The zero-order valence-corrected chi connectivity index (χ0v) is 17.4. The van der Waals surface area contributed by atoms with E-state index in [1.54, 1.807) is 11.0 Å². The number of ether oxygens (including phenoxy) is 2. The maximum absolute atomic E-state index is 12.3. The molecule has 0 bridgehead atoms. The number of piperidine rings is 1. The fourth-order valence-corrected chi connectivity index (χ4v) is 3.37. The van der Waals surface area contributed by atoms with Crippen molar-refractivity contribution in [2.45, 2.75) is 71.6 Å². The van der Waals surface area contributed by atoms with Crippen molar-refractivity contribution in [3.05, 3.63) is 33.4 Å². The van der Waals surface area contributed by atoms with Gasteiger partial charge in [-0.05, 0) is 70.6 Å². The molecule has 1 aliphatic heterocycles. The topological polar surface area (TPSA) is 108 Å². The van der Waals surface area contributed by atoms with E-state index in [9.17, 15) is 14.9 Å². The molecule has 156 valence electrons. The van der Waals surface area contributed by atoms with Crippen LogP contribution in [0, 0.1) is 10.1 Å². The van der Waals surface area contributed by atoms with Crippen LogP contribution in [0.15, 0.2) is 12.1 Å². The summed E-state index contributed by atoms with van der Waals surface area (Å²) >= 11 is 0. The molecule has 1 aromatic carbocycles. The minimum atomic E-state index is -0.526. The predicted molar refractivity (Wildman–Crippen MR) is 107 cm³/mol. The zero-order valence-electron chi connectivity index (χ0n) is 17.4. The Morgan fingerprint density at radius 3 is 2.39 bits per heavy atom. The third kappa shape index (κ3) is 5.58. The summed E-state index contributed by atoms with van der Waals surface area (Å²) in [6.45, 7) is 10.6. The number of rotatable bonds is 5. The van der Waals surface area contributed by atoms with Crippen molar-refractivity contribution in [3.63, 3.8) is 0 Å². The lowest BCUT2D eigenvalue weighted by atomic mass is 9.86. The Balaban J connectivity index is 2.21.